The fourth-order valence-electron chi connectivity index (χ4n) is 0.370. The van der Waals surface area contributed by atoms with Gasteiger partial charge in [-0.25, -0.2) is 0 Å². The van der Waals surface area contributed by atoms with E-state index in [1.54, 1.807) is 6.92 Å². The highest BCUT2D eigenvalue weighted by Gasteiger charge is 1.89. The minimum atomic E-state index is -1.10. The second-order valence-electron chi connectivity index (χ2n) is 2.32. The molecule has 0 aliphatic rings. The zero-order chi connectivity index (χ0) is 9.98. The lowest BCUT2D eigenvalue weighted by molar-refractivity contribution is -0.121. The number of hydrogen-bond acceptors (Lipinski definition) is 4. The summed E-state index contributed by atoms with van der Waals surface area (Å²) < 4.78 is 0. The van der Waals surface area contributed by atoms with Gasteiger partial charge in [-0.05, 0) is 6.42 Å². The first-order valence-electron chi connectivity index (χ1n) is 4.07. The minimum absolute atomic E-state index is 0.102. The molecule has 0 amide bonds. The van der Waals surface area contributed by atoms with Crippen LogP contribution in [0.4, 0.5) is 0 Å². The molecule has 0 unspecified atom stereocenters. The van der Waals surface area contributed by atoms with Gasteiger partial charge in [-0.2, -0.15) is 0 Å². The predicted octanol–water partition coefficient (Wildman–Crippen LogP) is 0.0550. The number of rotatable bonds is 4. The van der Waals surface area contributed by atoms with Crippen molar-refractivity contribution in [1.29, 1.82) is 0 Å². The summed E-state index contributed by atoms with van der Waals surface area (Å²) in [6.45, 7) is 3.31. The minimum Gasteiger partial charge on any atom is -0.389 e. The molecule has 0 aliphatic heterocycles. The average molecular weight is 178 g/mol. The van der Waals surface area contributed by atoms with Crippen molar-refractivity contribution in [2.75, 3.05) is 6.61 Å². The lowest BCUT2D eigenvalue weighted by Crippen LogP contribution is -2.01. The number of aliphatic hydroxyl groups excluding tert-OH is 2. The number of aliphatic hydroxyl groups is 3. The third-order valence-electron chi connectivity index (χ3n) is 1.12. The van der Waals surface area contributed by atoms with Gasteiger partial charge in [-0.1, -0.05) is 20.3 Å². The van der Waals surface area contributed by atoms with Gasteiger partial charge in [-0.3, -0.25) is 4.79 Å². The van der Waals surface area contributed by atoms with Gasteiger partial charge in [0.05, 0.1) is 0 Å². The number of Topliss-reactive ketones (excluding diaryl/α,β-unsaturated/α-hetero) is 1. The maximum atomic E-state index is 9.93. The van der Waals surface area contributed by atoms with Gasteiger partial charge in [-0.15, -0.1) is 0 Å². The van der Waals surface area contributed by atoms with E-state index in [1.807, 2.05) is 6.92 Å². The van der Waals surface area contributed by atoms with E-state index in [4.69, 9.17) is 15.3 Å². The molecule has 0 saturated carbocycles. The Balaban J connectivity index is 0. The second kappa shape index (κ2) is 10.6. The van der Waals surface area contributed by atoms with Crippen LogP contribution < -0.4 is 0 Å². The molecule has 74 valence electrons. The van der Waals surface area contributed by atoms with Gasteiger partial charge in [0.25, 0.3) is 0 Å². The Morgan fingerprint density at radius 1 is 1.33 bits per heavy atom. The summed E-state index contributed by atoms with van der Waals surface area (Å²) in [5, 5.41) is 24.2. The monoisotopic (exact) mass is 178 g/mol. The van der Waals surface area contributed by atoms with Crippen LogP contribution in [0.5, 0.6) is 0 Å². The number of ketones is 1. The molecule has 0 rings (SSSR count). The maximum Gasteiger partial charge on any atom is 0.157 e. The van der Waals surface area contributed by atoms with E-state index < -0.39 is 6.29 Å². The Bertz CT molecular complexity index is 95.2. The van der Waals surface area contributed by atoms with E-state index in [2.05, 4.69) is 0 Å². The van der Waals surface area contributed by atoms with E-state index in [0.717, 1.165) is 6.42 Å². The summed E-state index contributed by atoms with van der Waals surface area (Å²) in [6.07, 6.45) is 0.656. The fraction of sp³-hybridized carbons (Fsp3) is 0.875. The van der Waals surface area contributed by atoms with Crippen molar-refractivity contribution in [1.82, 2.24) is 0 Å². The zero-order valence-corrected chi connectivity index (χ0v) is 7.66. The lowest BCUT2D eigenvalue weighted by Gasteiger charge is -1.94. The molecule has 0 aromatic rings. The molecule has 4 nitrogen and oxygen atoms in total. The Morgan fingerprint density at radius 3 is 1.83 bits per heavy atom. The highest BCUT2D eigenvalue weighted by molar-refractivity contribution is 5.78. The first-order chi connectivity index (χ1) is 5.58. The fourth-order valence-corrected chi connectivity index (χ4v) is 0.370. The van der Waals surface area contributed by atoms with Crippen molar-refractivity contribution in [3.05, 3.63) is 0 Å². The summed E-state index contributed by atoms with van der Waals surface area (Å²) in [7, 11) is 0. The van der Waals surface area contributed by atoms with Crippen LogP contribution in [-0.2, 0) is 4.79 Å². The third-order valence-corrected chi connectivity index (χ3v) is 1.12. The lowest BCUT2D eigenvalue weighted by atomic mass is 10.3. The summed E-state index contributed by atoms with van der Waals surface area (Å²) >= 11 is 0. The van der Waals surface area contributed by atoms with Crippen molar-refractivity contribution >= 4 is 5.78 Å². The van der Waals surface area contributed by atoms with Gasteiger partial charge >= 0.3 is 0 Å². The topological polar surface area (TPSA) is 77.8 Å². The molecular formula is C8H18O4. The van der Waals surface area contributed by atoms with Crippen molar-refractivity contribution in [2.45, 2.75) is 39.4 Å². The van der Waals surface area contributed by atoms with Gasteiger partial charge < -0.3 is 15.3 Å². The van der Waals surface area contributed by atoms with E-state index in [9.17, 15) is 4.79 Å². The van der Waals surface area contributed by atoms with Crippen LogP contribution in [0, 0.1) is 0 Å². The molecule has 0 radical (unpaired) electrons. The molecule has 4 heteroatoms. The number of carbonyl (C=O) groups is 1. The van der Waals surface area contributed by atoms with Crippen molar-refractivity contribution in [3.63, 3.8) is 0 Å². The Labute approximate surface area is 72.8 Å². The number of carbonyl (C=O) groups excluding carboxylic acids is 1. The van der Waals surface area contributed by atoms with Crippen molar-refractivity contribution < 1.29 is 20.1 Å². The standard InChI is InChI=1S/C4H8O2.C4H10O2/c1-2-4(6)3-5;1-2-3-4(5)6/h5H,2-3H2,1H3;4-6H,2-3H2,1H3. The van der Waals surface area contributed by atoms with Gasteiger partial charge in [0.1, 0.15) is 6.61 Å². The van der Waals surface area contributed by atoms with Crippen molar-refractivity contribution in [2.24, 2.45) is 0 Å². The van der Waals surface area contributed by atoms with E-state index in [1.165, 1.54) is 0 Å². The highest BCUT2D eigenvalue weighted by Crippen LogP contribution is 1.88. The van der Waals surface area contributed by atoms with Crippen molar-refractivity contribution in [3.8, 4) is 0 Å². The molecular weight excluding hydrogens is 160 g/mol. The maximum absolute atomic E-state index is 9.93. The quantitative estimate of drug-likeness (QED) is 0.532. The molecule has 0 aliphatic carbocycles. The first-order valence-corrected chi connectivity index (χ1v) is 4.07. The van der Waals surface area contributed by atoms with Crippen LogP contribution in [0.25, 0.3) is 0 Å². The SMILES string of the molecule is CCC(=O)CO.CCCC(O)O. The molecule has 3 N–H and O–H groups in total. The van der Waals surface area contributed by atoms with Crippen LogP contribution in [0.15, 0.2) is 0 Å². The van der Waals surface area contributed by atoms with Gasteiger partial charge in [0.15, 0.2) is 12.1 Å². The third kappa shape index (κ3) is 16.3. The molecule has 0 spiro atoms. The largest absolute Gasteiger partial charge is 0.389 e. The predicted molar refractivity (Wildman–Crippen MR) is 45.5 cm³/mol. The van der Waals surface area contributed by atoms with E-state index in [-0.39, 0.29) is 12.4 Å². The molecule has 0 bridgehead atoms. The van der Waals surface area contributed by atoms with Gasteiger partial charge in [0.2, 0.25) is 0 Å². The second-order valence-corrected chi connectivity index (χ2v) is 2.32. The Morgan fingerprint density at radius 2 is 1.83 bits per heavy atom. The summed E-state index contributed by atoms with van der Waals surface area (Å²) in [5.41, 5.74) is 0. The average Bonchev–Trinajstić information content (AvgIpc) is 2.04. The zero-order valence-electron chi connectivity index (χ0n) is 7.66. The normalized spacial score (nSPS) is 9.17. The summed E-state index contributed by atoms with van der Waals surface area (Å²) in [5.74, 6) is -0.102. The highest BCUT2D eigenvalue weighted by atomic mass is 16.5. The summed E-state index contributed by atoms with van der Waals surface area (Å²) in [6, 6.07) is 0. The smallest absolute Gasteiger partial charge is 0.157 e. The molecule has 0 saturated heterocycles. The van der Waals surface area contributed by atoms with E-state index in [0.29, 0.717) is 12.8 Å². The van der Waals surface area contributed by atoms with Crippen LogP contribution in [-0.4, -0.2) is 34.0 Å². The van der Waals surface area contributed by atoms with Crippen LogP contribution in [0.3, 0.4) is 0 Å². The molecule has 0 atom stereocenters. The molecule has 0 aromatic carbocycles. The van der Waals surface area contributed by atoms with E-state index >= 15 is 0 Å². The molecule has 0 heterocycles. The number of hydrogen-bond donors (Lipinski definition) is 3. The van der Waals surface area contributed by atoms with Crippen LogP contribution in [0.1, 0.15) is 33.1 Å². The van der Waals surface area contributed by atoms with Gasteiger partial charge in [0, 0.05) is 6.42 Å². The van der Waals surface area contributed by atoms with Crippen LogP contribution >= 0.6 is 0 Å². The van der Waals surface area contributed by atoms with Crippen LogP contribution in [0.2, 0.25) is 0 Å². The molecule has 12 heavy (non-hydrogen) atoms. The molecule has 0 fully saturated rings. The first kappa shape index (κ1) is 14.1. The summed E-state index contributed by atoms with van der Waals surface area (Å²) in [4.78, 5) is 9.93. The Hall–Kier alpha value is -0.450. The molecule has 0 aromatic heterocycles. The Kier molecular flexibility index (Phi) is 12.4.